The minimum absolute atomic E-state index is 0.148. The summed E-state index contributed by atoms with van der Waals surface area (Å²) in [6.07, 6.45) is -0.267. The van der Waals surface area contributed by atoms with Crippen molar-refractivity contribution in [3.05, 3.63) is 0 Å². The van der Waals surface area contributed by atoms with E-state index in [0.717, 1.165) is 12.8 Å². The standard InChI is InChI=1S/C10H19F3/c1-3-4-8(2)9(5-6-11)7-10(12)13/h8-10H,3-7H2,1-2H3. The summed E-state index contributed by atoms with van der Waals surface area (Å²) in [5.41, 5.74) is 0. The number of alkyl halides is 3. The first-order valence-corrected chi connectivity index (χ1v) is 4.95. The quantitative estimate of drug-likeness (QED) is 0.576. The van der Waals surface area contributed by atoms with Crippen LogP contribution in [0, 0.1) is 11.8 Å². The molecule has 0 saturated heterocycles. The molecule has 0 aromatic heterocycles. The maximum Gasteiger partial charge on any atom is 0.238 e. The lowest BCUT2D eigenvalue weighted by molar-refractivity contribution is 0.0924. The molecule has 0 rings (SSSR count). The van der Waals surface area contributed by atoms with E-state index in [-0.39, 0.29) is 24.7 Å². The minimum Gasteiger partial charge on any atom is -0.251 e. The summed E-state index contributed by atoms with van der Waals surface area (Å²) in [5, 5.41) is 0. The summed E-state index contributed by atoms with van der Waals surface area (Å²) in [6, 6.07) is 0. The van der Waals surface area contributed by atoms with Crippen molar-refractivity contribution in [3.8, 4) is 0 Å². The molecular formula is C10H19F3. The van der Waals surface area contributed by atoms with Gasteiger partial charge in [0.05, 0.1) is 6.67 Å². The Balaban J connectivity index is 3.90. The van der Waals surface area contributed by atoms with Gasteiger partial charge in [-0.3, -0.25) is 4.39 Å². The highest BCUT2D eigenvalue weighted by Gasteiger charge is 2.20. The second kappa shape index (κ2) is 7.22. The molecule has 0 aromatic rings. The average Bonchev–Trinajstić information content (AvgIpc) is 2.03. The smallest absolute Gasteiger partial charge is 0.238 e. The second-order valence-corrected chi connectivity index (χ2v) is 3.63. The minimum atomic E-state index is -2.30. The molecule has 0 aromatic carbocycles. The molecule has 0 bridgehead atoms. The summed E-state index contributed by atoms with van der Waals surface area (Å²) in [7, 11) is 0. The van der Waals surface area contributed by atoms with Gasteiger partial charge in [0, 0.05) is 6.42 Å². The van der Waals surface area contributed by atoms with Crippen molar-refractivity contribution in [2.45, 2.75) is 46.0 Å². The summed E-state index contributed by atoms with van der Waals surface area (Å²) < 4.78 is 36.2. The summed E-state index contributed by atoms with van der Waals surface area (Å²) in [4.78, 5) is 0. The van der Waals surface area contributed by atoms with Crippen molar-refractivity contribution in [2.24, 2.45) is 11.8 Å². The van der Waals surface area contributed by atoms with Crippen LogP contribution in [0.1, 0.15) is 39.5 Å². The molecule has 0 spiro atoms. The Hall–Kier alpha value is -0.210. The van der Waals surface area contributed by atoms with Crippen molar-refractivity contribution in [3.63, 3.8) is 0 Å². The average molecular weight is 196 g/mol. The fraction of sp³-hybridized carbons (Fsp3) is 1.00. The van der Waals surface area contributed by atoms with Gasteiger partial charge >= 0.3 is 0 Å². The Kier molecular flexibility index (Phi) is 7.10. The zero-order valence-corrected chi connectivity index (χ0v) is 8.40. The molecule has 2 atom stereocenters. The zero-order valence-electron chi connectivity index (χ0n) is 8.40. The van der Waals surface area contributed by atoms with E-state index in [1.165, 1.54) is 0 Å². The van der Waals surface area contributed by atoms with Gasteiger partial charge < -0.3 is 0 Å². The normalized spacial score (nSPS) is 16.2. The molecule has 3 heteroatoms. The topological polar surface area (TPSA) is 0 Å². The first kappa shape index (κ1) is 12.8. The maximum absolute atomic E-state index is 12.1. The molecule has 0 aliphatic carbocycles. The third-order valence-corrected chi connectivity index (χ3v) is 2.51. The van der Waals surface area contributed by atoms with Gasteiger partial charge in [0.1, 0.15) is 0 Å². The second-order valence-electron chi connectivity index (χ2n) is 3.63. The fourth-order valence-electron chi connectivity index (χ4n) is 1.69. The van der Waals surface area contributed by atoms with Gasteiger partial charge in [0.25, 0.3) is 0 Å². The molecule has 0 fully saturated rings. The van der Waals surface area contributed by atoms with Crippen LogP contribution in [0.4, 0.5) is 13.2 Å². The van der Waals surface area contributed by atoms with Crippen LogP contribution in [-0.2, 0) is 0 Å². The molecule has 80 valence electrons. The predicted octanol–water partition coefficient (Wildman–Crippen LogP) is 4.05. The lowest BCUT2D eigenvalue weighted by Gasteiger charge is -2.22. The van der Waals surface area contributed by atoms with E-state index in [0.29, 0.717) is 0 Å². The van der Waals surface area contributed by atoms with Crippen LogP contribution in [0.2, 0.25) is 0 Å². The van der Waals surface area contributed by atoms with Gasteiger partial charge in [0.15, 0.2) is 0 Å². The molecule has 0 radical (unpaired) electrons. The van der Waals surface area contributed by atoms with Gasteiger partial charge in [-0.15, -0.1) is 0 Å². The highest BCUT2D eigenvalue weighted by molar-refractivity contribution is 4.67. The van der Waals surface area contributed by atoms with E-state index in [9.17, 15) is 13.2 Å². The van der Waals surface area contributed by atoms with Gasteiger partial charge in [-0.1, -0.05) is 26.7 Å². The van der Waals surface area contributed by atoms with Gasteiger partial charge in [-0.2, -0.15) is 0 Å². The Morgan fingerprint density at radius 3 is 2.15 bits per heavy atom. The van der Waals surface area contributed by atoms with E-state index in [4.69, 9.17) is 0 Å². The van der Waals surface area contributed by atoms with Crippen LogP contribution in [0.5, 0.6) is 0 Å². The van der Waals surface area contributed by atoms with E-state index in [1.807, 2.05) is 13.8 Å². The van der Waals surface area contributed by atoms with Crippen molar-refractivity contribution in [1.29, 1.82) is 0 Å². The molecule has 13 heavy (non-hydrogen) atoms. The molecule has 0 N–H and O–H groups in total. The molecule has 2 unspecified atom stereocenters. The van der Waals surface area contributed by atoms with Crippen LogP contribution >= 0.6 is 0 Å². The van der Waals surface area contributed by atoms with Gasteiger partial charge in [0.2, 0.25) is 6.43 Å². The molecule has 0 heterocycles. The largest absolute Gasteiger partial charge is 0.251 e. The van der Waals surface area contributed by atoms with Crippen molar-refractivity contribution in [1.82, 2.24) is 0 Å². The first-order valence-electron chi connectivity index (χ1n) is 4.95. The molecule has 0 aliphatic heterocycles. The Morgan fingerprint density at radius 1 is 1.15 bits per heavy atom. The molecule has 0 nitrogen and oxygen atoms in total. The van der Waals surface area contributed by atoms with E-state index < -0.39 is 13.1 Å². The molecule has 0 saturated carbocycles. The predicted molar refractivity (Wildman–Crippen MR) is 48.8 cm³/mol. The Labute approximate surface area is 78.5 Å². The highest BCUT2D eigenvalue weighted by atomic mass is 19.3. The van der Waals surface area contributed by atoms with Crippen LogP contribution < -0.4 is 0 Å². The van der Waals surface area contributed by atoms with Crippen LogP contribution in [0.15, 0.2) is 0 Å². The van der Waals surface area contributed by atoms with Crippen LogP contribution in [-0.4, -0.2) is 13.1 Å². The van der Waals surface area contributed by atoms with E-state index in [1.54, 1.807) is 0 Å². The molecule has 0 aliphatic rings. The van der Waals surface area contributed by atoms with E-state index >= 15 is 0 Å². The van der Waals surface area contributed by atoms with Gasteiger partial charge in [-0.25, -0.2) is 8.78 Å². The summed E-state index contributed by atoms with van der Waals surface area (Å²) in [6.45, 7) is 3.48. The fourth-order valence-corrected chi connectivity index (χ4v) is 1.69. The zero-order chi connectivity index (χ0) is 10.3. The monoisotopic (exact) mass is 196 g/mol. The Morgan fingerprint density at radius 2 is 1.77 bits per heavy atom. The lowest BCUT2D eigenvalue weighted by Crippen LogP contribution is -2.16. The number of halogens is 3. The highest BCUT2D eigenvalue weighted by Crippen LogP contribution is 2.26. The SMILES string of the molecule is CCCC(C)C(CCF)CC(F)F. The van der Waals surface area contributed by atoms with Crippen LogP contribution in [0.25, 0.3) is 0 Å². The lowest BCUT2D eigenvalue weighted by atomic mass is 9.86. The van der Waals surface area contributed by atoms with Crippen molar-refractivity contribution < 1.29 is 13.2 Å². The molecule has 0 amide bonds. The third kappa shape index (κ3) is 5.94. The van der Waals surface area contributed by atoms with Crippen molar-refractivity contribution in [2.75, 3.05) is 6.67 Å². The van der Waals surface area contributed by atoms with Crippen molar-refractivity contribution >= 4 is 0 Å². The summed E-state index contributed by atoms with van der Waals surface area (Å²) in [5.74, 6) is 0.0692. The third-order valence-electron chi connectivity index (χ3n) is 2.51. The number of rotatable bonds is 7. The maximum atomic E-state index is 12.1. The van der Waals surface area contributed by atoms with E-state index in [2.05, 4.69) is 0 Å². The first-order chi connectivity index (χ1) is 6.11. The summed E-state index contributed by atoms with van der Waals surface area (Å²) >= 11 is 0. The number of hydrogen-bond donors (Lipinski definition) is 0. The van der Waals surface area contributed by atoms with Gasteiger partial charge in [-0.05, 0) is 18.3 Å². The molecular weight excluding hydrogens is 177 g/mol. The number of hydrogen-bond acceptors (Lipinski definition) is 0. The Bertz CT molecular complexity index is 115. The van der Waals surface area contributed by atoms with Crippen LogP contribution in [0.3, 0.4) is 0 Å².